The molecule has 3 heterocycles. The van der Waals surface area contributed by atoms with Crippen LogP contribution in [0.5, 0.6) is 0 Å². The van der Waals surface area contributed by atoms with Gasteiger partial charge in [-0.05, 0) is 48.8 Å². The average Bonchev–Trinajstić information content (AvgIpc) is 2.74. The van der Waals surface area contributed by atoms with Gasteiger partial charge in [-0.1, -0.05) is 32.0 Å². The molecular weight excluding hydrogens is 362 g/mol. The second-order valence-electron chi connectivity index (χ2n) is 8.71. The van der Waals surface area contributed by atoms with Gasteiger partial charge in [0.25, 0.3) is 0 Å². The van der Waals surface area contributed by atoms with E-state index in [1.807, 2.05) is 11.0 Å². The number of para-hydroxylation sites is 1. The van der Waals surface area contributed by atoms with Crippen LogP contribution in [0.2, 0.25) is 0 Å². The molecule has 1 atom stereocenters. The Labute approximate surface area is 172 Å². The molecule has 7 nitrogen and oxygen atoms in total. The number of nitrogens with zero attached hydrogens (tertiary/aromatic N) is 4. The first kappa shape index (κ1) is 19.6. The van der Waals surface area contributed by atoms with Crippen molar-refractivity contribution in [2.24, 2.45) is 11.1 Å². The van der Waals surface area contributed by atoms with Gasteiger partial charge in [-0.15, -0.1) is 0 Å². The molecule has 0 spiro atoms. The molecule has 0 saturated carbocycles. The van der Waals surface area contributed by atoms with Gasteiger partial charge >= 0.3 is 0 Å². The van der Waals surface area contributed by atoms with Crippen molar-refractivity contribution in [1.29, 1.82) is 5.41 Å². The molecule has 0 radical (unpaired) electrons. The number of nitrogens with one attached hydrogen (secondary N) is 1. The highest BCUT2D eigenvalue weighted by molar-refractivity contribution is 6.09. The van der Waals surface area contributed by atoms with Crippen LogP contribution in [-0.4, -0.2) is 42.0 Å². The van der Waals surface area contributed by atoms with Crippen LogP contribution in [0, 0.1) is 10.8 Å². The Morgan fingerprint density at radius 1 is 1.24 bits per heavy atom. The molecule has 2 aliphatic heterocycles. The Balaban J connectivity index is 1.55. The number of rotatable bonds is 3. The zero-order valence-corrected chi connectivity index (χ0v) is 17.4. The maximum absolute atomic E-state index is 8.77. The number of hydrogen-bond donors (Lipinski definition) is 3. The molecule has 0 aliphatic carbocycles. The Bertz CT molecular complexity index is 902. The summed E-state index contributed by atoms with van der Waals surface area (Å²) >= 11 is 0. The van der Waals surface area contributed by atoms with E-state index >= 15 is 0 Å². The molecule has 0 bridgehead atoms. The van der Waals surface area contributed by atoms with Gasteiger partial charge in [0, 0.05) is 25.3 Å². The Hall–Kier alpha value is -2.67. The minimum absolute atomic E-state index is 0.205. The van der Waals surface area contributed by atoms with Gasteiger partial charge in [-0.2, -0.15) is 0 Å². The van der Waals surface area contributed by atoms with Gasteiger partial charge in [-0.25, -0.2) is 9.97 Å². The number of fused-ring (bicyclic) bond motifs is 1. The third-order valence-corrected chi connectivity index (χ3v) is 6.61. The number of aromatic nitrogens is 2. The molecular formula is C22H31N7. The first-order valence-corrected chi connectivity index (χ1v) is 10.4. The standard InChI is InChI=1S/C22H31N7/c1-15-7-10-29(17-6-4-3-5-16(15)17)21(25)19-20(24)27-18(13-26-19)28-11-8-22(2,14-23)9-12-28/h3-6,13,15,25H,7-12,14,23H2,1-2H3,(H2,24,27). The van der Waals surface area contributed by atoms with Crippen LogP contribution in [0.3, 0.4) is 0 Å². The number of anilines is 3. The van der Waals surface area contributed by atoms with Gasteiger partial charge < -0.3 is 21.3 Å². The third-order valence-electron chi connectivity index (χ3n) is 6.61. The van der Waals surface area contributed by atoms with E-state index in [0.717, 1.165) is 50.4 Å². The fourth-order valence-electron chi connectivity index (χ4n) is 4.32. The smallest absolute Gasteiger partial charge is 0.155 e. The van der Waals surface area contributed by atoms with Crippen molar-refractivity contribution in [2.75, 3.05) is 41.7 Å². The number of hydrogen-bond acceptors (Lipinski definition) is 6. The molecule has 1 aromatic carbocycles. The molecule has 2 aliphatic rings. The number of nitrogens with two attached hydrogens (primary N) is 2. The average molecular weight is 394 g/mol. The van der Waals surface area contributed by atoms with Crippen LogP contribution in [0.15, 0.2) is 30.5 Å². The molecule has 1 saturated heterocycles. The predicted molar refractivity (Wildman–Crippen MR) is 119 cm³/mol. The summed E-state index contributed by atoms with van der Waals surface area (Å²) in [4.78, 5) is 13.4. The van der Waals surface area contributed by atoms with Gasteiger partial charge in [0.2, 0.25) is 0 Å². The van der Waals surface area contributed by atoms with Crippen molar-refractivity contribution in [3.8, 4) is 0 Å². The fourth-order valence-corrected chi connectivity index (χ4v) is 4.32. The first-order chi connectivity index (χ1) is 13.9. The summed E-state index contributed by atoms with van der Waals surface area (Å²) in [6, 6.07) is 8.28. The first-order valence-electron chi connectivity index (χ1n) is 10.4. The molecule has 154 valence electrons. The third kappa shape index (κ3) is 3.67. The molecule has 29 heavy (non-hydrogen) atoms. The fraction of sp³-hybridized carbons (Fsp3) is 0.500. The molecule has 4 rings (SSSR count). The van der Waals surface area contributed by atoms with Gasteiger partial charge in [0.1, 0.15) is 11.5 Å². The van der Waals surface area contributed by atoms with Gasteiger partial charge in [0.05, 0.1) is 6.20 Å². The maximum Gasteiger partial charge on any atom is 0.155 e. The van der Waals surface area contributed by atoms with Crippen molar-refractivity contribution < 1.29 is 0 Å². The largest absolute Gasteiger partial charge is 0.382 e. The second-order valence-corrected chi connectivity index (χ2v) is 8.71. The number of benzene rings is 1. The van der Waals surface area contributed by atoms with Gasteiger partial charge in [-0.3, -0.25) is 5.41 Å². The van der Waals surface area contributed by atoms with E-state index in [2.05, 4.69) is 46.9 Å². The van der Waals surface area contributed by atoms with Crippen molar-refractivity contribution in [3.63, 3.8) is 0 Å². The van der Waals surface area contributed by atoms with Crippen LogP contribution < -0.4 is 21.3 Å². The zero-order valence-electron chi connectivity index (χ0n) is 17.4. The topological polar surface area (TPSA) is 108 Å². The lowest BCUT2D eigenvalue weighted by atomic mass is 9.80. The van der Waals surface area contributed by atoms with Crippen molar-refractivity contribution in [3.05, 3.63) is 41.7 Å². The molecule has 7 heteroatoms. The predicted octanol–water partition coefficient (Wildman–Crippen LogP) is 2.96. The second kappa shape index (κ2) is 7.63. The summed E-state index contributed by atoms with van der Waals surface area (Å²) < 4.78 is 0. The summed E-state index contributed by atoms with van der Waals surface area (Å²) in [7, 11) is 0. The van der Waals surface area contributed by atoms with Crippen LogP contribution in [0.4, 0.5) is 17.3 Å². The van der Waals surface area contributed by atoms with Gasteiger partial charge in [0.15, 0.2) is 11.7 Å². The van der Waals surface area contributed by atoms with E-state index in [4.69, 9.17) is 16.9 Å². The summed E-state index contributed by atoms with van der Waals surface area (Å²) in [6.07, 6.45) is 4.82. The number of amidine groups is 1. The summed E-state index contributed by atoms with van der Waals surface area (Å²) in [5.41, 5.74) is 15.2. The Kier molecular flexibility index (Phi) is 5.17. The highest BCUT2D eigenvalue weighted by Crippen LogP contribution is 2.36. The molecule has 5 N–H and O–H groups in total. The quantitative estimate of drug-likeness (QED) is 0.546. The van der Waals surface area contributed by atoms with E-state index in [-0.39, 0.29) is 5.41 Å². The molecule has 1 aromatic heterocycles. The van der Waals surface area contributed by atoms with E-state index in [0.29, 0.717) is 29.8 Å². The van der Waals surface area contributed by atoms with E-state index in [9.17, 15) is 0 Å². The lowest BCUT2D eigenvalue weighted by Crippen LogP contribution is -2.42. The van der Waals surface area contributed by atoms with Crippen LogP contribution in [-0.2, 0) is 0 Å². The maximum atomic E-state index is 8.77. The van der Waals surface area contributed by atoms with Crippen molar-refractivity contribution in [2.45, 2.75) is 39.0 Å². The van der Waals surface area contributed by atoms with E-state index in [1.54, 1.807) is 6.20 Å². The molecule has 2 aromatic rings. The monoisotopic (exact) mass is 393 g/mol. The van der Waals surface area contributed by atoms with E-state index in [1.165, 1.54) is 5.56 Å². The van der Waals surface area contributed by atoms with Crippen molar-refractivity contribution in [1.82, 2.24) is 9.97 Å². The lowest BCUT2D eigenvalue weighted by Gasteiger charge is -2.39. The summed E-state index contributed by atoms with van der Waals surface area (Å²) in [5, 5.41) is 8.77. The lowest BCUT2D eigenvalue weighted by molar-refractivity contribution is 0.258. The molecule has 1 unspecified atom stereocenters. The Morgan fingerprint density at radius 3 is 2.66 bits per heavy atom. The SMILES string of the molecule is CC1CCN(C(=N)c2ncc(N3CCC(C)(CN)CC3)nc2N)c2ccccc21. The molecule has 1 fully saturated rings. The number of piperidine rings is 1. The molecule has 0 amide bonds. The van der Waals surface area contributed by atoms with E-state index < -0.39 is 0 Å². The van der Waals surface area contributed by atoms with Crippen molar-refractivity contribution >= 4 is 23.2 Å². The summed E-state index contributed by atoms with van der Waals surface area (Å²) in [5.74, 6) is 1.90. The number of nitrogen functional groups attached to an aromatic ring is 1. The van der Waals surface area contributed by atoms with Crippen LogP contribution in [0.1, 0.15) is 50.3 Å². The highest BCUT2D eigenvalue weighted by Gasteiger charge is 2.30. The highest BCUT2D eigenvalue weighted by atomic mass is 15.2. The summed E-state index contributed by atoms with van der Waals surface area (Å²) in [6.45, 7) is 7.76. The van der Waals surface area contributed by atoms with Crippen LogP contribution >= 0.6 is 0 Å². The zero-order chi connectivity index (χ0) is 20.6. The van der Waals surface area contributed by atoms with Crippen LogP contribution in [0.25, 0.3) is 0 Å². The minimum atomic E-state index is 0.205. The Morgan fingerprint density at radius 2 is 1.97 bits per heavy atom. The normalized spacial score (nSPS) is 21.0. The minimum Gasteiger partial charge on any atom is -0.382 e.